The van der Waals surface area contributed by atoms with Gasteiger partial charge in [0, 0.05) is 19.0 Å². The third-order valence-corrected chi connectivity index (χ3v) is 13.2. The number of esters is 2. The van der Waals surface area contributed by atoms with E-state index in [0.717, 1.165) is 68.6 Å². The number of allylic oxidation sites excluding steroid dienone is 23. The summed E-state index contributed by atoms with van der Waals surface area (Å²) in [5.41, 5.74) is 4.56. The van der Waals surface area contributed by atoms with Gasteiger partial charge in [-0.25, -0.2) is 13.9 Å². The van der Waals surface area contributed by atoms with Crippen molar-refractivity contribution in [2.24, 2.45) is 0 Å². The first-order valence-electron chi connectivity index (χ1n) is 26.0. The van der Waals surface area contributed by atoms with Crippen molar-refractivity contribution in [1.29, 1.82) is 0 Å². The van der Waals surface area contributed by atoms with Crippen LogP contribution in [0.1, 0.15) is 116 Å². The minimum atomic E-state index is -5.52. The number of anilines is 1. The van der Waals surface area contributed by atoms with Gasteiger partial charge in [-0.15, -0.1) is 0 Å². The third-order valence-electron chi connectivity index (χ3n) is 10.6. The minimum Gasteiger partial charge on any atom is -0.462 e. The maximum Gasteiger partial charge on any atom is 0.481 e. The number of aromatic nitrogens is 2. The lowest BCUT2D eigenvalue weighted by molar-refractivity contribution is -0.161. The second kappa shape index (κ2) is 41.7. The molecule has 1 aromatic rings. The molecule has 0 aromatic carbocycles. The second-order valence-electron chi connectivity index (χ2n) is 17.1. The number of carbonyl (C=O) groups excluding carboxylic acids is 2. The van der Waals surface area contributed by atoms with Crippen molar-refractivity contribution >= 4 is 33.4 Å². The van der Waals surface area contributed by atoms with Crippen LogP contribution in [-0.2, 0) is 46.3 Å². The molecule has 1 aliphatic heterocycles. The number of aliphatic hydroxyl groups is 3. The zero-order valence-corrected chi connectivity index (χ0v) is 46.1. The topological polar surface area (TPSA) is 286 Å². The van der Waals surface area contributed by atoms with Crippen molar-refractivity contribution in [2.75, 3.05) is 25.6 Å². The highest BCUT2D eigenvalue weighted by atomic mass is 31.3. The summed E-state index contributed by atoms with van der Waals surface area (Å²) in [4.78, 5) is 62.0. The van der Waals surface area contributed by atoms with E-state index in [9.17, 15) is 48.6 Å². The molecule has 0 saturated carbocycles. The van der Waals surface area contributed by atoms with Crippen molar-refractivity contribution in [2.45, 2.75) is 147 Å². The van der Waals surface area contributed by atoms with Gasteiger partial charge >= 0.3 is 33.3 Å². The van der Waals surface area contributed by atoms with Crippen molar-refractivity contribution in [1.82, 2.24) is 9.55 Å². The zero-order valence-electron chi connectivity index (χ0n) is 44.3. The molecule has 3 unspecified atom stereocenters. The molecule has 7 N–H and O–H groups in total. The van der Waals surface area contributed by atoms with Crippen LogP contribution < -0.4 is 11.4 Å². The van der Waals surface area contributed by atoms with Crippen LogP contribution in [0.5, 0.6) is 0 Å². The first-order chi connectivity index (χ1) is 37.1. The molecular formula is C56H81N3O16P2. The Balaban J connectivity index is 1.90. The molecule has 2 rings (SSSR count). The smallest absolute Gasteiger partial charge is 0.462 e. The molecule has 77 heavy (non-hydrogen) atoms. The summed E-state index contributed by atoms with van der Waals surface area (Å²) < 4.78 is 56.5. The van der Waals surface area contributed by atoms with Gasteiger partial charge < -0.3 is 45.1 Å². The lowest BCUT2D eigenvalue weighted by Gasteiger charge is -2.21. The van der Waals surface area contributed by atoms with Crippen LogP contribution >= 0.6 is 15.6 Å². The molecule has 0 amide bonds. The molecule has 0 radical (unpaired) electrons. The summed E-state index contributed by atoms with van der Waals surface area (Å²) in [5, 5.41) is 31.4. The largest absolute Gasteiger partial charge is 0.481 e. The lowest BCUT2D eigenvalue weighted by Crippen LogP contribution is -2.36. The predicted molar refractivity (Wildman–Crippen MR) is 299 cm³/mol. The summed E-state index contributed by atoms with van der Waals surface area (Å²) in [5.74, 6) is -1.71. The van der Waals surface area contributed by atoms with Gasteiger partial charge in [-0.3, -0.25) is 23.2 Å². The molecule has 426 valence electrons. The molecule has 19 nitrogen and oxygen atoms in total. The van der Waals surface area contributed by atoms with E-state index in [1.54, 1.807) is 18.2 Å². The number of nitrogen functional groups attached to an aromatic ring is 1. The highest BCUT2D eigenvalue weighted by molar-refractivity contribution is 7.61. The third kappa shape index (κ3) is 34.2. The number of phosphoric ester groups is 2. The van der Waals surface area contributed by atoms with Gasteiger partial charge in [0.1, 0.15) is 30.7 Å². The molecule has 0 bridgehead atoms. The Morgan fingerprint density at radius 2 is 1.16 bits per heavy atom. The standard InChI is InChI=1S/C56H81N3O16P2/c1-3-5-7-9-11-13-15-17-19-21-22-23-25-27-29-31-33-35-37-39-51(61)70-44-48(73-52(62)41-40-47(60)38-36-34-32-30-28-26-24-20-18-16-14-12-10-8-6-4-2)45-71-76(66,67)75-77(68,69)72-46-49-53(63)54(64)55(74-49)59-43-42-50(57)58-56(59)65/h5-8,11-14,17-20,22-23,26-29,32-36,38,42-43,47-49,53-55,60,63-64H,3-4,9-10,15-16,21,24-25,30-31,37,39-41,44-46H2,1-2H3,(H,66,67)(H,68,69)(H2,57,58,65)/b7-5-,8-6-,13-11-,14-12-,19-17-,20-18-,23-22-,28-26-,29-27-,34-32-,35-33-,38-36-/t47?,48-,49-,53-,54-,55-/m1/s1. The number of phosphoric acid groups is 2. The van der Waals surface area contributed by atoms with Crippen LogP contribution in [0.3, 0.4) is 0 Å². The van der Waals surface area contributed by atoms with Gasteiger partial charge in [0.2, 0.25) is 0 Å². The quantitative estimate of drug-likeness (QED) is 0.0154. The number of ether oxygens (including phenoxy) is 3. The first kappa shape index (κ1) is 67.7. The number of nitrogens with two attached hydrogens (primary N) is 1. The summed E-state index contributed by atoms with van der Waals surface area (Å²) in [7, 11) is -11.0. The van der Waals surface area contributed by atoms with Crippen LogP contribution in [0.25, 0.3) is 0 Å². The predicted octanol–water partition coefficient (Wildman–Crippen LogP) is 10.1. The van der Waals surface area contributed by atoms with E-state index in [1.165, 1.54) is 12.1 Å². The Morgan fingerprint density at radius 3 is 1.66 bits per heavy atom. The number of aliphatic hydroxyl groups excluding tert-OH is 3. The molecule has 2 heterocycles. The second-order valence-corrected chi connectivity index (χ2v) is 20.1. The fourth-order valence-corrected chi connectivity index (χ4v) is 8.67. The molecule has 1 aliphatic rings. The fourth-order valence-electron chi connectivity index (χ4n) is 6.56. The minimum absolute atomic E-state index is 0.0580. The maximum absolute atomic E-state index is 12.9. The van der Waals surface area contributed by atoms with Gasteiger partial charge in [-0.05, 0) is 89.5 Å². The Morgan fingerprint density at radius 1 is 0.675 bits per heavy atom. The molecule has 1 fully saturated rings. The van der Waals surface area contributed by atoms with E-state index in [2.05, 4.69) is 114 Å². The van der Waals surface area contributed by atoms with E-state index >= 15 is 0 Å². The van der Waals surface area contributed by atoms with E-state index in [-0.39, 0.29) is 25.1 Å². The Kier molecular flexibility index (Phi) is 36.6. The average Bonchev–Trinajstić information content (AvgIpc) is 3.67. The highest BCUT2D eigenvalue weighted by Gasteiger charge is 2.46. The van der Waals surface area contributed by atoms with Crippen LogP contribution in [-0.4, -0.2) is 96.9 Å². The summed E-state index contributed by atoms with van der Waals surface area (Å²) in [6.07, 6.45) is 49.8. The maximum atomic E-state index is 12.9. The molecule has 1 aromatic heterocycles. The van der Waals surface area contributed by atoms with Gasteiger partial charge in [-0.2, -0.15) is 9.29 Å². The summed E-state index contributed by atoms with van der Waals surface area (Å²) in [6.45, 7) is 1.60. The number of hydrogen-bond acceptors (Lipinski definition) is 16. The summed E-state index contributed by atoms with van der Waals surface area (Å²) in [6, 6.07) is 1.23. The van der Waals surface area contributed by atoms with Crippen LogP contribution in [0, 0.1) is 0 Å². The van der Waals surface area contributed by atoms with Crippen molar-refractivity contribution in [3.05, 3.63) is 169 Å². The zero-order chi connectivity index (χ0) is 56.4. The Labute approximate surface area is 453 Å². The number of nitrogens with zero attached hydrogens (tertiary/aromatic N) is 2. The molecule has 0 aliphatic carbocycles. The Bertz CT molecular complexity index is 2380. The highest BCUT2D eigenvalue weighted by Crippen LogP contribution is 2.60. The van der Waals surface area contributed by atoms with Crippen molar-refractivity contribution < 1.29 is 71.4 Å². The lowest BCUT2D eigenvalue weighted by atomic mass is 10.1. The van der Waals surface area contributed by atoms with Gasteiger partial charge in [0.15, 0.2) is 12.3 Å². The fraction of sp³-hybridized carbons (Fsp3) is 0.464. The number of hydrogen-bond donors (Lipinski definition) is 6. The van der Waals surface area contributed by atoms with Crippen LogP contribution in [0.15, 0.2) is 163 Å². The normalized spacial score (nSPS) is 20.2. The van der Waals surface area contributed by atoms with E-state index < -0.39 is 89.8 Å². The van der Waals surface area contributed by atoms with Gasteiger partial charge in [0.05, 0.1) is 19.3 Å². The van der Waals surface area contributed by atoms with E-state index in [0.29, 0.717) is 19.3 Å². The molecule has 1 saturated heterocycles. The van der Waals surface area contributed by atoms with Crippen molar-refractivity contribution in [3.63, 3.8) is 0 Å². The number of rotatable bonds is 40. The average molecular weight is 1110 g/mol. The van der Waals surface area contributed by atoms with E-state index in [4.69, 9.17) is 29.0 Å². The monoisotopic (exact) mass is 1110 g/mol. The van der Waals surface area contributed by atoms with Gasteiger partial charge in [-0.1, -0.05) is 160 Å². The first-order valence-corrected chi connectivity index (χ1v) is 28.9. The molecular weight excluding hydrogens is 1030 g/mol. The van der Waals surface area contributed by atoms with Crippen LogP contribution in [0.2, 0.25) is 0 Å². The number of carbonyl (C=O) groups is 2. The Hall–Kier alpha value is -5.40. The van der Waals surface area contributed by atoms with Crippen LogP contribution in [0.4, 0.5) is 5.82 Å². The van der Waals surface area contributed by atoms with Gasteiger partial charge in [0.25, 0.3) is 0 Å². The van der Waals surface area contributed by atoms with E-state index in [1.807, 2.05) is 30.4 Å². The van der Waals surface area contributed by atoms with Crippen molar-refractivity contribution in [3.8, 4) is 0 Å². The molecule has 0 spiro atoms. The SMILES string of the molecule is CC/C=C\C/C=C\C/C=C\C/C=C\C/C=C\C=C/C(O)CCC(=O)O[C@H](COC(=O)CC/C=C\C/C=C\C/C=C\C/C=C\C/C=C\C/C=C\CC)COP(=O)(O)OP(=O)(O)OC[C@H]1O[C@@H](n2ccc(N)nc2=O)[C@H](O)[C@@H]1O. The molecule has 21 heteroatoms. The summed E-state index contributed by atoms with van der Waals surface area (Å²) >= 11 is 0. The molecule has 8 atom stereocenters.